The molecule has 7 heteroatoms. The summed E-state index contributed by atoms with van der Waals surface area (Å²) in [5, 5.41) is 1.26. The van der Waals surface area contributed by atoms with E-state index in [4.69, 9.17) is 29.0 Å². The zero-order chi connectivity index (χ0) is 15.4. The van der Waals surface area contributed by atoms with Crippen molar-refractivity contribution in [2.24, 2.45) is 5.84 Å². The standard InChI is InChI=1S/C14H11BrCl2N2OS/c15-10-6-8(14(20)19-18)4-5-9(10)7-21-13-11(16)2-1-3-12(13)17/h1-6H,7,18H2,(H,19,20). The van der Waals surface area contributed by atoms with Crippen molar-refractivity contribution < 1.29 is 4.79 Å². The number of hydrazine groups is 1. The van der Waals surface area contributed by atoms with Crippen LogP contribution in [0.5, 0.6) is 0 Å². The van der Waals surface area contributed by atoms with Crippen molar-refractivity contribution in [3.05, 3.63) is 62.0 Å². The third kappa shape index (κ3) is 4.14. The van der Waals surface area contributed by atoms with Gasteiger partial charge in [0, 0.05) is 20.7 Å². The van der Waals surface area contributed by atoms with E-state index in [1.165, 1.54) is 0 Å². The van der Waals surface area contributed by atoms with Crippen molar-refractivity contribution in [3.8, 4) is 0 Å². The minimum atomic E-state index is -0.330. The lowest BCUT2D eigenvalue weighted by atomic mass is 10.1. The first-order chi connectivity index (χ1) is 10.0. The Hall–Kier alpha value is -0.720. The Labute approximate surface area is 145 Å². The van der Waals surface area contributed by atoms with E-state index >= 15 is 0 Å². The normalized spacial score (nSPS) is 10.5. The molecule has 0 aliphatic carbocycles. The average molecular weight is 406 g/mol. The minimum Gasteiger partial charge on any atom is -0.290 e. The highest BCUT2D eigenvalue weighted by molar-refractivity contribution is 9.10. The molecule has 0 heterocycles. The summed E-state index contributed by atoms with van der Waals surface area (Å²) in [5.41, 5.74) is 3.63. The zero-order valence-electron chi connectivity index (χ0n) is 10.7. The molecule has 2 aromatic carbocycles. The Bertz CT molecular complexity index is 662. The summed E-state index contributed by atoms with van der Waals surface area (Å²) in [6, 6.07) is 10.7. The maximum absolute atomic E-state index is 11.4. The average Bonchev–Trinajstić information content (AvgIpc) is 2.47. The Balaban J connectivity index is 2.16. The summed E-state index contributed by atoms with van der Waals surface area (Å²) in [7, 11) is 0. The van der Waals surface area contributed by atoms with Gasteiger partial charge in [-0.15, -0.1) is 11.8 Å². The fourth-order valence-electron chi connectivity index (χ4n) is 1.66. The van der Waals surface area contributed by atoms with Crippen molar-refractivity contribution in [1.29, 1.82) is 0 Å². The summed E-state index contributed by atoms with van der Waals surface area (Å²) in [6.45, 7) is 0. The fourth-order valence-corrected chi connectivity index (χ4v) is 4.05. The van der Waals surface area contributed by atoms with Gasteiger partial charge in [0.05, 0.1) is 10.0 Å². The van der Waals surface area contributed by atoms with Crippen LogP contribution in [0, 0.1) is 0 Å². The number of nitrogen functional groups attached to an aromatic ring is 1. The van der Waals surface area contributed by atoms with Crippen molar-refractivity contribution in [2.75, 3.05) is 0 Å². The molecule has 3 nitrogen and oxygen atoms in total. The topological polar surface area (TPSA) is 55.1 Å². The van der Waals surface area contributed by atoms with Gasteiger partial charge in [-0.05, 0) is 29.8 Å². The van der Waals surface area contributed by atoms with Gasteiger partial charge in [0.2, 0.25) is 0 Å². The summed E-state index contributed by atoms with van der Waals surface area (Å²) in [4.78, 5) is 12.3. The lowest BCUT2D eigenvalue weighted by Gasteiger charge is -2.09. The van der Waals surface area contributed by atoms with Crippen LogP contribution in [0.15, 0.2) is 45.8 Å². The van der Waals surface area contributed by atoms with Crippen molar-refractivity contribution in [3.63, 3.8) is 0 Å². The van der Waals surface area contributed by atoms with Gasteiger partial charge < -0.3 is 0 Å². The second-order valence-electron chi connectivity index (χ2n) is 4.12. The summed E-state index contributed by atoms with van der Waals surface area (Å²) in [5.74, 6) is 5.46. The van der Waals surface area contributed by atoms with Crippen LogP contribution in [0.4, 0.5) is 0 Å². The van der Waals surface area contributed by atoms with Crippen molar-refractivity contribution in [1.82, 2.24) is 5.43 Å². The molecule has 3 N–H and O–H groups in total. The van der Waals surface area contributed by atoms with Gasteiger partial charge in [-0.1, -0.05) is 51.3 Å². The lowest BCUT2D eigenvalue weighted by molar-refractivity contribution is 0.0953. The van der Waals surface area contributed by atoms with Crippen LogP contribution in [0.2, 0.25) is 10.0 Å². The van der Waals surface area contributed by atoms with E-state index < -0.39 is 0 Å². The van der Waals surface area contributed by atoms with E-state index in [9.17, 15) is 4.79 Å². The SMILES string of the molecule is NNC(=O)c1ccc(CSc2c(Cl)cccc2Cl)c(Br)c1. The summed E-state index contributed by atoms with van der Waals surface area (Å²) >= 11 is 17.3. The highest BCUT2D eigenvalue weighted by Gasteiger charge is 2.10. The van der Waals surface area contributed by atoms with Gasteiger partial charge in [-0.2, -0.15) is 0 Å². The van der Waals surface area contributed by atoms with Gasteiger partial charge in [-0.25, -0.2) is 5.84 Å². The maximum atomic E-state index is 11.4. The third-order valence-electron chi connectivity index (χ3n) is 2.74. The molecule has 0 aliphatic rings. The largest absolute Gasteiger partial charge is 0.290 e. The van der Waals surface area contributed by atoms with E-state index in [0.717, 1.165) is 14.9 Å². The Morgan fingerprint density at radius 2 is 1.90 bits per heavy atom. The van der Waals surface area contributed by atoms with Crippen molar-refractivity contribution >= 4 is 56.8 Å². The predicted octanol–water partition coefficient (Wildman–Crippen LogP) is 4.65. The van der Waals surface area contributed by atoms with Gasteiger partial charge in [0.1, 0.15) is 0 Å². The molecule has 0 radical (unpaired) electrons. The second-order valence-corrected chi connectivity index (χ2v) is 6.77. The fraction of sp³-hybridized carbons (Fsp3) is 0.0714. The van der Waals surface area contributed by atoms with Crippen LogP contribution in [-0.2, 0) is 5.75 Å². The van der Waals surface area contributed by atoms with Crippen LogP contribution < -0.4 is 11.3 Å². The number of amides is 1. The first-order valence-electron chi connectivity index (χ1n) is 5.89. The molecule has 0 atom stereocenters. The number of hydrogen-bond acceptors (Lipinski definition) is 3. The molecule has 2 rings (SSSR count). The zero-order valence-corrected chi connectivity index (χ0v) is 14.6. The number of benzene rings is 2. The smallest absolute Gasteiger partial charge is 0.265 e. The highest BCUT2D eigenvalue weighted by Crippen LogP contribution is 2.36. The van der Waals surface area contributed by atoms with Crippen LogP contribution in [0.25, 0.3) is 0 Å². The first kappa shape index (κ1) is 16.6. The molecule has 0 unspecified atom stereocenters. The van der Waals surface area contributed by atoms with Crippen molar-refractivity contribution in [2.45, 2.75) is 10.6 Å². The van der Waals surface area contributed by atoms with Crippen LogP contribution >= 0.6 is 50.9 Å². The molecule has 110 valence electrons. The van der Waals surface area contributed by atoms with E-state index in [2.05, 4.69) is 21.4 Å². The van der Waals surface area contributed by atoms with E-state index in [1.54, 1.807) is 36.0 Å². The van der Waals surface area contributed by atoms with Gasteiger partial charge in [-0.3, -0.25) is 10.2 Å². The van der Waals surface area contributed by atoms with E-state index in [-0.39, 0.29) is 5.91 Å². The molecule has 0 saturated carbocycles. The van der Waals surface area contributed by atoms with Crippen LogP contribution in [0.1, 0.15) is 15.9 Å². The molecular formula is C14H11BrCl2N2OS. The number of thioether (sulfide) groups is 1. The Morgan fingerprint density at radius 3 is 2.48 bits per heavy atom. The van der Waals surface area contributed by atoms with Crippen LogP contribution in [0.3, 0.4) is 0 Å². The third-order valence-corrected chi connectivity index (χ3v) is 5.51. The number of carbonyl (C=O) groups excluding carboxylic acids is 1. The Morgan fingerprint density at radius 1 is 1.24 bits per heavy atom. The molecule has 0 saturated heterocycles. The van der Waals surface area contributed by atoms with Gasteiger partial charge >= 0.3 is 0 Å². The number of rotatable bonds is 4. The summed E-state index contributed by atoms with van der Waals surface area (Å²) < 4.78 is 0.833. The van der Waals surface area contributed by atoms with Gasteiger partial charge in [0.25, 0.3) is 5.91 Å². The molecule has 1 amide bonds. The minimum absolute atomic E-state index is 0.330. The molecule has 2 aromatic rings. The first-order valence-corrected chi connectivity index (χ1v) is 8.42. The molecule has 0 bridgehead atoms. The molecular weight excluding hydrogens is 395 g/mol. The lowest BCUT2D eigenvalue weighted by Crippen LogP contribution is -2.29. The Kier molecular flexibility index (Phi) is 5.96. The number of carbonyl (C=O) groups is 1. The van der Waals surface area contributed by atoms with E-state index in [0.29, 0.717) is 21.4 Å². The maximum Gasteiger partial charge on any atom is 0.265 e. The molecule has 21 heavy (non-hydrogen) atoms. The monoisotopic (exact) mass is 404 g/mol. The highest BCUT2D eigenvalue weighted by atomic mass is 79.9. The van der Waals surface area contributed by atoms with Crippen LogP contribution in [-0.4, -0.2) is 5.91 Å². The van der Waals surface area contributed by atoms with E-state index in [1.807, 2.05) is 12.1 Å². The molecule has 0 aliphatic heterocycles. The summed E-state index contributed by atoms with van der Waals surface area (Å²) in [6.07, 6.45) is 0. The number of halogens is 3. The second kappa shape index (κ2) is 7.51. The number of nitrogens with one attached hydrogen (secondary N) is 1. The predicted molar refractivity (Wildman–Crippen MR) is 91.8 cm³/mol. The quantitative estimate of drug-likeness (QED) is 0.337. The van der Waals surface area contributed by atoms with Gasteiger partial charge in [0.15, 0.2) is 0 Å². The molecule has 0 spiro atoms. The molecule has 0 aromatic heterocycles. The number of nitrogens with two attached hydrogens (primary N) is 1. The molecule has 0 fully saturated rings. The number of hydrogen-bond donors (Lipinski definition) is 2.